The Kier molecular flexibility index (Phi) is 4.32. The average Bonchev–Trinajstić information content (AvgIpc) is 2.83. The summed E-state index contributed by atoms with van der Waals surface area (Å²) in [4.78, 5) is 11.1. The Hall–Kier alpha value is -1.97. The monoisotopic (exact) mass is 271 g/mol. The molecule has 2 aromatic rings. The molecule has 106 valence electrons. The van der Waals surface area contributed by atoms with Gasteiger partial charge in [-0.1, -0.05) is 56.3 Å². The topological polar surface area (TPSA) is 47.8 Å². The van der Waals surface area contributed by atoms with Gasteiger partial charge in [0.1, 0.15) is 5.69 Å². The van der Waals surface area contributed by atoms with Gasteiger partial charge in [-0.3, -0.25) is 4.79 Å². The number of nitrogens with zero attached hydrogens (tertiary/aromatic N) is 3. The molecule has 1 aromatic heterocycles. The van der Waals surface area contributed by atoms with Crippen molar-refractivity contribution in [3.63, 3.8) is 0 Å². The van der Waals surface area contributed by atoms with Crippen LogP contribution >= 0.6 is 0 Å². The molecular formula is C16H21N3O. The van der Waals surface area contributed by atoms with E-state index in [0.29, 0.717) is 5.69 Å². The van der Waals surface area contributed by atoms with Crippen LogP contribution in [0.1, 0.15) is 48.9 Å². The number of hydrogen-bond acceptors (Lipinski definition) is 3. The van der Waals surface area contributed by atoms with Gasteiger partial charge >= 0.3 is 0 Å². The number of hydrogen-bond donors (Lipinski definition) is 0. The van der Waals surface area contributed by atoms with Crippen LogP contribution in [0.5, 0.6) is 0 Å². The van der Waals surface area contributed by atoms with Crippen molar-refractivity contribution in [3.8, 4) is 0 Å². The summed E-state index contributed by atoms with van der Waals surface area (Å²) in [7, 11) is 0. The molecule has 0 aliphatic heterocycles. The molecule has 0 saturated carbocycles. The fourth-order valence-electron chi connectivity index (χ4n) is 2.41. The standard InChI is InChI=1S/C16H21N3O/c1-16(2,3)15-14(12-20)17-18-19(15)11-7-10-13-8-5-4-6-9-13/h4-6,8-9,12H,7,10-11H2,1-3H3. The highest BCUT2D eigenvalue weighted by atomic mass is 16.1. The highest BCUT2D eigenvalue weighted by molar-refractivity contribution is 5.73. The van der Waals surface area contributed by atoms with E-state index in [0.717, 1.165) is 31.4 Å². The van der Waals surface area contributed by atoms with Gasteiger partial charge in [-0.2, -0.15) is 0 Å². The van der Waals surface area contributed by atoms with E-state index < -0.39 is 0 Å². The first-order chi connectivity index (χ1) is 9.52. The highest BCUT2D eigenvalue weighted by Crippen LogP contribution is 2.24. The number of aryl methyl sites for hydroxylation is 2. The fourth-order valence-corrected chi connectivity index (χ4v) is 2.41. The lowest BCUT2D eigenvalue weighted by molar-refractivity contribution is 0.111. The molecule has 0 fully saturated rings. The van der Waals surface area contributed by atoms with E-state index >= 15 is 0 Å². The summed E-state index contributed by atoms with van der Waals surface area (Å²) < 4.78 is 1.87. The Morgan fingerprint density at radius 1 is 1.20 bits per heavy atom. The number of carbonyl (C=O) groups excluding carboxylic acids is 1. The third-order valence-corrected chi connectivity index (χ3v) is 3.26. The minimum atomic E-state index is -0.132. The minimum absolute atomic E-state index is 0.132. The molecule has 0 saturated heterocycles. The largest absolute Gasteiger partial charge is 0.296 e. The lowest BCUT2D eigenvalue weighted by atomic mass is 9.90. The predicted molar refractivity (Wildman–Crippen MR) is 78.9 cm³/mol. The zero-order valence-corrected chi connectivity index (χ0v) is 12.3. The van der Waals surface area contributed by atoms with E-state index in [1.165, 1.54) is 5.56 Å². The van der Waals surface area contributed by atoms with E-state index in [2.05, 4.69) is 55.3 Å². The van der Waals surface area contributed by atoms with Crippen LogP contribution in [0.4, 0.5) is 0 Å². The molecule has 0 radical (unpaired) electrons. The second kappa shape index (κ2) is 5.99. The maximum Gasteiger partial charge on any atom is 0.172 e. The molecule has 0 atom stereocenters. The van der Waals surface area contributed by atoms with Crippen molar-refractivity contribution < 1.29 is 4.79 Å². The fraction of sp³-hybridized carbons (Fsp3) is 0.438. The zero-order valence-electron chi connectivity index (χ0n) is 12.3. The van der Waals surface area contributed by atoms with Gasteiger partial charge in [0.25, 0.3) is 0 Å². The normalized spacial score (nSPS) is 11.6. The lowest BCUT2D eigenvalue weighted by Gasteiger charge is -2.20. The third-order valence-electron chi connectivity index (χ3n) is 3.26. The van der Waals surface area contributed by atoms with Gasteiger partial charge in [0.2, 0.25) is 0 Å². The van der Waals surface area contributed by atoms with Crippen molar-refractivity contribution in [2.75, 3.05) is 0 Å². The minimum Gasteiger partial charge on any atom is -0.296 e. The van der Waals surface area contributed by atoms with E-state index in [-0.39, 0.29) is 5.41 Å². The summed E-state index contributed by atoms with van der Waals surface area (Å²) in [5.74, 6) is 0. The predicted octanol–water partition coefficient (Wildman–Crippen LogP) is 3.02. The Bertz CT molecular complexity index is 567. The van der Waals surface area contributed by atoms with E-state index in [9.17, 15) is 4.79 Å². The van der Waals surface area contributed by atoms with E-state index in [1.807, 2.05) is 10.7 Å². The first-order valence-electron chi connectivity index (χ1n) is 6.95. The van der Waals surface area contributed by atoms with Crippen LogP contribution < -0.4 is 0 Å². The molecule has 0 unspecified atom stereocenters. The van der Waals surface area contributed by atoms with Gasteiger partial charge in [0, 0.05) is 12.0 Å². The Labute approximate surface area is 119 Å². The zero-order chi connectivity index (χ0) is 14.6. The Balaban J connectivity index is 2.07. The molecule has 1 aromatic carbocycles. The molecule has 0 N–H and O–H groups in total. The van der Waals surface area contributed by atoms with Crippen LogP contribution in [0.25, 0.3) is 0 Å². The molecule has 0 spiro atoms. The highest BCUT2D eigenvalue weighted by Gasteiger charge is 2.24. The molecule has 0 aliphatic carbocycles. The molecule has 4 nitrogen and oxygen atoms in total. The van der Waals surface area contributed by atoms with Gasteiger partial charge in [0.05, 0.1) is 5.69 Å². The number of aldehydes is 1. The lowest BCUT2D eigenvalue weighted by Crippen LogP contribution is -2.20. The molecule has 1 heterocycles. The quantitative estimate of drug-likeness (QED) is 0.785. The molecule has 20 heavy (non-hydrogen) atoms. The van der Waals surface area contributed by atoms with Crippen LogP contribution in [0.2, 0.25) is 0 Å². The van der Waals surface area contributed by atoms with Crippen molar-refractivity contribution >= 4 is 6.29 Å². The van der Waals surface area contributed by atoms with Gasteiger partial charge < -0.3 is 0 Å². The summed E-state index contributed by atoms with van der Waals surface area (Å²) in [5, 5.41) is 8.09. The molecule has 0 bridgehead atoms. The van der Waals surface area contributed by atoms with Crippen LogP contribution in [-0.4, -0.2) is 21.3 Å². The third kappa shape index (κ3) is 3.32. The second-order valence-electron chi connectivity index (χ2n) is 6.00. The second-order valence-corrected chi connectivity index (χ2v) is 6.00. The number of aromatic nitrogens is 3. The van der Waals surface area contributed by atoms with Crippen LogP contribution in [0.3, 0.4) is 0 Å². The molecule has 0 amide bonds. The summed E-state index contributed by atoms with van der Waals surface area (Å²) in [6.07, 6.45) is 2.77. The van der Waals surface area contributed by atoms with Crippen molar-refractivity contribution in [2.24, 2.45) is 0 Å². The van der Waals surface area contributed by atoms with Crippen molar-refractivity contribution in [1.29, 1.82) is 0 Å². The first kappa shape index (κ1) is 14.4. The molecular weight excluding hydrogens is 250 g/mol. The van der Waals surface area contributed by atoms with Crippen molar-refractivity contribution in [2.45, 2.75) is 45.6 Å². The van der Waals surface area contributed by atoms with Gasteiger partial charge in [-0.15, -0.1) is 5.10 Å². The van der Waals surface area contributed by atoms with Crippen LogP contribution in [0.15, 0.2) is 30.3 Å². The maximum atomic E-state index is 11.1. The summed E-state index contributed by atoms with van der Waals surface area (Å²) in [6, 6.07) is 10.4. The van der Waals surface area contributed by atoms with Gasteiger partial charge in [-0.25, -0.2) is 4.68 Å². The molecule has 2 rings (SSSR count). The summed E-state index contributed by atoms with van der Waals surface area (Å²) in [5.41, 5.74) is 2.56. The first-order valence-corrected chi connectivity index (χ1v) is 6.95. The van der Waals surface area contributed by atoms with E-state index in [1.54, 1.807) is 0 Å². The molecule has 0 aliphatic rings. The Morgan fingerprint density at radius 3 is 2.50 bits per heavy atom. The number of carbonyl (C=O) groups is 1. The Morgan fingerprint density at radius 2 is 1.90 bits per heavy atom. The smallest absolute Gasteiger partial charge is 0.172 e. The summed E-state index contributed by atoms with van der Waals surface area (Å²) >= 11 is 0. The van der Waals surface area contributed by atoms with Crippen molar-refractivity contribution in [3.05, 3.63) is 47.3 Å². The van der Waals surface area contributed by atoms with Crippen molar-refractivity contribution in [1.82, 2.24) is 15.0 Å². The average molecular weight is 271 g/mol. The maximum absolute atomic E-state index is 11.1. The molecule has 4 heteroatoms. The summed E-state index contributed by atoms with van der Waals surface area (Å²) in [6.45, 7) is 7.01. The van der Waals surface area contributed by atoms with E-state index in [4.69, 9.17) is 0 Å². The van der Waals surface area contributed by atoms with Crippen LogP contribution in [0, 0.1) is 0 Å². The van der Waals surface area contributed by atoms with Gasteiger partial charge in [0.15, 0.2) is 6.29 Å². The van der Waals surface area contributed by atoms with Crippen LogP contribution in [-0.2, 0) is 18.4 Å². The number of rotatable bonds is 5. The SMILES string of the molecule is CC(C)(C)c1c(C=O)nnn1CCCc1ccccc1. The van der Waals surface area contributed by atoms with Gasteiger partial charge in [-0.05, 0) is 18.4 Å². The number of benzene rings is 1.